The van der Waals surface area contributed by atoms with E-state index in [0.29, 0.717) is 5.69 Å². The van der Waals surface area contributed by atoms with Crippen LogP contribution in [0, 0.1) is 0 Å². The van der Waals surface area contributed by atoms with E-state index >= 15 is 0 Å². The summed E-state index contributed by atoms with van der Waals surface area (Å²) >= 11 is 0. The van der Waals surface area contributed by atoms with Crippen LogP contribution in [0.2, 0.25) is 0 Å². The molecule has 0 aliphatic carbocycles. The zero-order valence-electron chi connectivity index (χ0n) is 19.5. The number of nitrogens with one attached hydrogen (secondary N) is 2. The first-order chi connectivity index (χ1) is 16.2. The Kier molecular flexibility index (Phi) is 6.90. The van der Waals surface area contributed by atoms with Gasteiger partial charge in [0.1, 0.15) is 5.75 Å². The summed E-state index contributed by atoms with van der Waals surface area (Å²) < 4.78 is 31.6. The summed E-state index contributed by atoms with van der Waals surface area (Å²) in [6, 6.07) is 19.4. The number of methoxy groups -OCH3 is 1. The smallest absolute Gasteiger partial charge is 0.319 e. The number of sulfone groups is 1. The molecule has 2 amide bonds. The van der Waals surface area contributed by atoms with E-state index in [1.165, 1.54) is 30.4 Å². The number of ether oxygens (including phenoxy) is 1. The second-order valence-electron chi connectivity index (χ2n) is 8.63. The molecule has 0 spiro atoms. The fourth-order valence-corrected chi connectivity index (χ4v) is 5.51. The van der Waals surface area contributed by atoms with Crippen LogP contribution < -0.4 is 15.4 Å². The highest BCUT2D eigenvalue weighted by molar-refractivity contribution is 7.90. The molecule has 0 saturated heterocycles. The van der Waals surface area contributed by atoms with E-state index in [1.54, 1.807) is 6.07 Å². The molecule has 0 bridgehead atoms. The zero-order valence-corrected chi connectivity index (χ0v) is 20.4. The predicted octanol–water partition coefficient (Wildman–Crippen LogP) is 4.50. The molecule has 34 heavy (non-hydrogen) atoms. The lowest BCUT2D eigenvalue weighted by Gasteiger charge is -2.17. The summed E-state index contributed by atoms with van der Waals surface area (Å²) in [5.41, 5.74) is 4.53. The Hall–Kier alpha value is -3.36. The second-order valence-corrected chi connectivity index (χ2v) is 10.6. The molecule has 178 valence electrons. The molecule has 1 heterocycles. The predicted molar refractivity (Wildman–Crippen MR) is 133 cm³/mol. The molecule has 3 aromatic carbocycles. The Morgan fingerprint density at radius 2 is 1.76 bits per heavy atom. The zero-order chi connectivity index (χ0) is 24.3. The monoisotopic (exact) mass is 479 g/mol. The van der Waals surface area contributed by atoms with Crippen LogP contribution >= 0.6 is 0 Å². The third-order valence-electron chi connectivity index (χ3n) is 5.94. The first-order valence-corrected chi connectivity index (χ1v) is 12.7. The summed E-state index contributed by atoms with van der Waals surface area (Å²) in [4.78, 5) is 14.8. The number of amides is 2. The highest BCUT2D eigenvalue weighted by Crippen LogP contribution is 2.30. The van der Waals surface area contributed by atoms with Crippen molar-refractivity contribution in [3.05, 3.63) is 89.0 Å². The molecule has 4 rings (SSSR count). The molecule has 1 unspecified atom stereocenters. The normalized spacial score (nSPS) is 14.3. The van der Waals surface area contributed by atoms with E-state index in [0.717, 1.165) is 24.2 Å². The van der Waals surface area contributed by atoms with Gasteiger partial charge in [-0.3, -0.25) is 4.90 Å². The van der Waals surface area contributed by atoms with Gasteiger partial charge in [-0.2, -0.15) is 0 Å². The van der Waals surface area contributed by atoms with Crippen LogP contribution in [-0.4, -0.2) is 33.5 Å². The van der Waals surface area contributed by atoms with Crippen LogP contribution in [0.4, 0.5) is 10.5 Å². The van der Waals surface area contributed by atoms with E-state index < -0.39 is 15.9 Å². The van der Waals surface area contributed by atoms with Crippen molar-refractivity contribution in [2.45, 2.75) is 36.7 Å². The van der Waals surface area contributed by atoms with Gasteiger partial charge in [-0.1, -0.05) is 48.5 Å². The maximum Gasteiger partial charge on any atom is 0.319 e. The number of anilines is 1. The summed E-state index contributed by atoms with van der Waals surface area (Å²) in [5, 5.41) is 5.62. The summed E-state index contributed by atoms with van der Waals surface area (Å²) in [5.74, 6) is 0.175. The van der Waals surface area contributed by atoms with E-state index in [9.17, 15) is 13.2 Å². The van der Waals surface area contributed by atoms with E-state index in [2.05, 4.69) is 15.5 Å². The molecule has 0 fully saturated rings. The first kappa shape index (κ1) is 23.8. The summed E-state index contributed by atoms with van der Waals surface area (Å²) in [7, 11) is -0.114. The highest BCUT2D eigenvalue weighted by atomic mass is 32.2. The quantitative estimate of drug-likeness (QED) is 0.521. The molecule has 2 N–H and O–H groups in total. The van der Waals surface area contributed by atoms with Crippen LogP contribution in [0.25, 0.3) is 0 Å². The molecular formula is C26H29N3O4S. The maximum absolute atomic E-state index is 13.1. The van der Waals surface area contributed by atoms with Gasteiger partial charge in [0.25, 0.3) is 0 Å². The van der Waals surface area contributed by atoms with Gasteiger partial charge < -0.3 is 15.4 Å². The third-order valence-corrected chi connectivity index (χ3v) is 7.62. The lowest BCUT2D eigenvalue weighted by molar-refractivity contribution is 0.249. The number of carbonyl (C=O) groups excluding carboxylic acids is 1. The minimum absolute atomic E-state index is 0.102. The fourth-order valence-electron chi connectivity index (χ4n) is 4.16. The SMILES string of the molecule is COc1cc(S(=O)(=O)Cc2ccc3c(c2)CN(C)C3)ccc1NC(=O)NC(C)c1ccccc1. The van der Waals surface area contributed by atoms with Crippen molar-refractivity contribution in [2.75, 3.05) is 19.5 Å². The lowest BCUT2D eigenvalue weighted by Crippen LogP contribution is -2.31. The largest absolute Gasteiger partial charge is 0.495 e. The molecule has 3 aromatic rings. The Morgan fingerprint density at radius 1 is 1.03 bits per heavy atom. The lowest BCUT2D eigenvalue weighted by atomic mass is 10.1. The summed E-state index contributed by atoms with van der Waals surface area (Å²) in [6.45, 7) is 3.59. The average Bonchev–Trinajstić information content (AvgIpc) is 3.18. The standard InChI is InChI=1S/C26H29N3O4S/c1-18(20-7-5-4-6-8-20)27-26(30)28-24-12-11-23(14-25(24)33-3)34(31,32)17-19-9-10-21-15-29(2)16-22(21)13-19/h4-14,18H,15-17H2,1-3H3,(H2,27,28,30). The van der Waals surface area contributed by atoms with Gasteiger partial charge in [-0.15, -0.1) is 0 Å². The number of urea groups is 1. The van der Waals surface area contributed by atoms with Crippen molar-refractivity contribution in [1.82, 2.24) is 10.2 Å². The molecule has 0 saturated carbocycles. The van der Waals surface area contributed by atoms with Crippen molar-refractivity contribution < 1.29 is 17.9 Å². The van der Waals surface area contributed by atoms with Gasteiger partial charge in [0, 0.05) is 19.2 Å². The number of nitrogens with zero attached hydrogens (tertiary/aromatic N) is 1. The average molecular weight is 480 g/mol. The van der Waals surface area contributed by atoms with Crippen molar-refractivity contribution >= 4 is 21.6 Å². The number of fused-ring (bicyclic) bond motifs is 1. The molecular weight excluding hydrogens is 450 g/mol. The second kappa shape index (κ2) is 9.87. The highest BCUT2D eigenvalue weighted by Gasteiger charge is 2.21. The number of benzene rings is 3. The van der Waals surface area contributed by atoms with Crippen molar-refractivity contribution in [1.29, 1.82) is 0 Å². The third kappa shape index (κ3) is 5.40. The van der Waals surface area contributed by atoms with E-state index in [-0.39, 0.29) is 22.4 Å². The Balaban J connectivity index is 1.47. The van der Waals surface area contributed by atoms with Gasteiger partial charge in [0.15, 0.2) is 9.84 Å². The minimum Gasteiger partial charge on any atom is -0.495 e. The van der Waals surface area contributed by atoms with Crippen LogP contribution in [0.5, 0.6) is 5.75 Å². The minimum atomic E-state index is -3.60. The van der Waals surface area contributed by atoms with E-state index in [1.807, 2.05) is 62.5 Å². The number of carbonyl (C=O) groups is 1. The fraction of sp³-hybridized carbons (Fsp3) is 0.269. The Morgan fingerprint density at radius 3 is 2.50 bits per heavy atom. The van der Waals surface area contributed by atoms with Crippen molar-refractivity contribution in [3.8, 4) is 5.75 Å². The molecule has 1 aliphatic heterocycles. The number of hydrogen-bond acceptors (Lipinski definition) is 5. The van der Waals surface area contributed by atoms with Gasteiger partial charge in [0.05, 0.1) is 29.5 Å². The number of hydrogen-bond donors (Lipinski definition) is 2. The molecule has 0 radical (unpaired) electrons. The molecule has 7 nitrogen and oxygen atoms in total. The molecule has 8 heteroatoms. The van der Waals surface area contributed by atoms with Gasteiger partial charge >= 0.3 is 6.03 Å². The molecule has 1 atom stereocenters. The van der Waals surface area contributed by atoms with Crippen molar-refractivity contribution in [2.24, 2.45) is 0 Å². The van der Waals surface area contributed by atoms with Gasteiger partial charge in [0.2, 0.25) is 0 Å². The maximum atomic E-state index is 13.1. The topological polar surface area (TPSA) is 87.7 Å². The van der Waals surface area contributed by atoms with Crippen LogP contribution in [0.1, 0.15) is 35.2 Å². The van der Waals surface area contributed by atoms with Crippen molar-refractivity contribution in [3.63, 3.8) is 0 Å². The first-order valence-electron chi connectivity index (χ1n) is 11.1. The van der Waals surface area contributed by atoms with Gasteiger partial charge in [-0.25, -0.2) is 13.2 Å². The van der Waals surface area contributed by atoms with Crippen LogP contribution in [0.3, 0.4) is 0 Å². The Bertz CT molecular complexity index is 1290. The number of rotatable bonds is 7. The van der Waals surface area contributed by atoms with Gasteiger partial charge in [-0.05, 0) is 48.4 Å². The Labute approximate surface area is 200 Å². The van der Waals surface area contributed by atoms with Crippen LogP contribution in [-0.2, 0) is 28.7 Å². The van der Waals surface area contributed by atoms with Crippen LogP contribution in [0.15, 0.2) is 71.6 Å². The molecule has 0 aromatic heterocycles. The summed E-state index contributed by atoms with van der Waals surface area (Å²) in [6.07, 6.45) is 0. The molecule has 1 aliphatic rings. The van der Waals surface area contributed by atoms with E-state index in [4.69, 9.17) is 4.74 Å².